The molecule has 302 valence electrons. The van der Waals surface area contributed by atoms with Crippen LogP contribution in [-0.2, 0) is 18.3 Å². The smallest absolute Gasteiger partial charge is 0.0714 e. The quantitative estimate of drug-likeness (QED) is 0.167. The summed E-state index contributed by atoms with van der Waals surface area (Å²) in [5.41, 5.74) is 25.6. The monoisotopic (exact) mass is 824 g/mol. The van der Waals surface area contributed by atoms with Crippen LogP contribution >= 0.6 is 0 Å². The zero-order chi connectivity index (χ0) is 42.4. The van der Waals surface area contributed by atoms with Crippen molar-refractivity contribution in [1.29, 1.82) is 0 Å². The van der Waals surface area contributed by atoms with Crippen molar-refractivity contribution in [2.24, 2.45) is 0 Å². The number of hydrogen-bond acceptors (Lipinski definition) is 0. The molecule has 12 aromatic rings. The van der Waals surface area contributed by atoms with Crippen LogP contribution in [0, 0.1) is 0 Å². The highest BCUT2D eigenvalue weighted by Gasteiger charge is 2.46. The lowest BCUT2D eigenvalue weighted by Crippen LogP contribution is -2.28. The average Bonchev–Trinajstić information content (AvgIpc) is 4.17. The Balaban J connectivity index is 1.07. The molecule has 0 radical (unpaired) electrons. The van der Waals surface area contributed by atoms with E-state index in [0.29, 0.717) is 0 Å². The van der Waals surface area contributed by atoms with E-state index in [-0.39, 0.29) is 0 Å². The third kappa shape index (κ3) is 4.58. The number of fused-ring (bicyclic) bond motifs is 17. The summed E-state index contributed by atoms with van der Waals surface area (Å²) >= 11 is 0. The Morgan fingerprint density at radius 1 is 0.308 bits per heavy atom. The highest BCUT2D eigenvalue weighted by Crippen LogP contribution is 2.58. The van der Waals surface area contributed by atoms with Gasteiger partial charge in [0.15, 0.2) is 0 Å². The van der Waals surface area contributed by atoms with Gasteiger partial charge in [0.1, 0.15) is 0 Å². The fraction of sp³-hybridized carbons (Fsp3) is 0.0476. The number of hydrogen-bond donors (Lipinski definition) is 0. The van der Waals surface area contributed by atoms with Gasteiger partial charge in [-0.05, 0) is 151 Å². The molecule has 0 amide bonds. The summed E-state index contributed by atoms with van der Waals surface area (Å²) in [6.45, 7) is 0. The Hall–Kier alpha value is -8.20. The van der Waals surface area contributed by atoms with Crippen molar-refractivity contribution < 1.29 is 0 Å². The minimum absolute atomic E-state index is 0.597. The topological polar surface area (TPSA) is 9.86 Å². The Morgan fingerprint density at radius 3 is 1.15 bits per heavy atom. The van der Waals surface area contributed by atoms with E-state index in [4.69, 9.17) is 0 Å². The summed E-state index contributed by atoms with van der Waals surface area (Å²) in [5, 5.41) is 5.30. The number of benzene rings is 10. The van der Waals surface area contributed by atoms with Crippen molar-refractivity contribution in [3.8, 4) is 44.8 Å². The molecular weight excluding hydrogens is 785 g/mol. The first-order chi connectivity index (χ1) is 32.3. The van der Waals surface area contributed by atoms with Crippen LogP contribution < -0.4 is 0 Å². The molecule has 0 atom stereocenters. The van der Waals surface area contributed by atoms with E-state index in [9.17, 15) is 0 Å². The first kappa shape index (κ1) is 35.3. The van der Waals surface area contributed by atoms with Gasteiger partial charge in [0.25, 0.3) is 0 Å². The van der Waals surface area contributed by atoms with Gasteiger partial charge < -0.3 is 9.13 Å². The van der Waals surface area contributed by atoms with Crippen LogP contribution in [0.1, 0.15) is 44.5 Å². The van der Waals surface area contributed by atoms with Gasteiger partial charge in [0.05, 0.1) is 27.5 Å². The predicted molar refractivity (Wildman–Crippen MR) is 269 cm³/mol. The predicted octanol–water partition coefficient (Wildman–Crippen LogP) is 15.4. The van der Waals surface area contributed by atoms with Crippen LogP contribution in [0.25, 0.3) is 88.4 Å². The third-order valence-electron chi connectivity index (χ3n) is 15.3. The van der Waals surface area contributed by atoms with E-state index in [1.165, 1.54) is 133 Å². The summed E-state index contributed by atoms with van der Waals surface area (Å²) in [6, 6.07) is 82.5. The van der Waals surface area contributed by atoms with Gasteiger partial charge in [-0.15, -0.1) is 0 Å². The number of para-hydroxylation sites is 2. The van der Waals surface area contributed by atoms with Crippen LogP contribution in [0.5, 0.6) is 0 Å². The summed E-state index contributed by atoms with van der Waals surface area (Å²) in [7, 11) is 0. The van der Waals surface area contributed by atoms with E-state index in [1.807, 2.05) is 0 Å². The second-order valence-electron chi connectivity index (χ2n) is 18.3. The van der Waals surface area contributed by atoms with Crippen molar-refractivity contribution in [1.82, 2.24) is 9.13 Å². The summed E-state index contributed by atoms with van der Waals surface area (Å²) in [4.78, 5) is 0. The fourth-order valence-corrected chi connectivity index (χ4v) is 12.7. The molecule has 0 N–H and O–H groups in total. The van der Waals surface area contributed by atoms with Gasteiger partial charge in [-0.2, -0.15) is 0 Å². The van der Waals surface area contributed by atoms with Crippen molar-refractivity contribution >= 4 is 43.6 Å². The third-order valence-corrected chi connectivity index (χ3v) is 15.3. The summed E-state index contributed by atoms with van der Waals surface area (Å²) in [5.74, 6) is 0. The molecule has 0 fully saturated rings. The van der Waals surface area contributed by atoms with E-state index in [1.54, 1.807) is 0 Å². The van der Waals surface area contributed by atoms with Crippen molar-refractivity contribution in [3.63, 3.8) is 0 Å². The molecule has 3 aliphatic rings. The molecule has 2 heteroatoms. The van der Waals surface area contributed by atoms with E-state index in [0.717, 1.165) is 12.8 Å². The molecule has 2 aromatic heterocycles. The zero-order valence-electron chi connectivity index (χ0n) is 35.6. The van der Waals surface area contributed by atoms with Gasteiger partial charge >= 0.3 is 0 Å². The largest absolute Gasteiger partial charge is 0.309 e. The van der Waals surface area contributed by atoms with Gasteiger partial charge in [-0.25, -0.2) is 0 Å². The Morgan fingerprint density at radius 2 is 0.692 bits per heavy atom. The SMILES string of the molecule is c1ccc(-n2c3ccc(C4(c5ccc6c(c5)c5c7c(ccc5n6-c5ccccc5)-c5ccccc5C7)c5ccccc5-c5ccccc54)cc3c3c4c(ccc32)-c2ccccc2C4)cc1. The maximum atomic E-state index is 2.57. The molecule has 2 nitrogen and oxygen atoms in total. The van der Waals surface area contributed by atoms with Crippen molar-refractivity contribution in [2.75, 3.05) is 0 Å². The normalized spacial score (nSPS) is 13.8. The second kappa shape index (κ2) is 12.9. The minimum atomic E-state index is -0.597. The first-order valence-corrected chi connectivity index (χ1v) is 22.9. The minimum Gasteiger partial charge on any atom is -0.309 e. The number of nitrogens with zero attached hydrogens (tertiary/aromatic N) is 2. The van der Waals surface area contributed by atoms with Gasteiger partial charge in [-0.1, -0.05) is 158 Å². The van der Waals surface area contributed by atoms with Gasteiger partial charge in [0, 0.05) is 32.9 Å². The molecule has 0 unspecified atom stereocenters. The standard InChI is InChI=1S/C63H40N2/c1-3-17-43(18-4-1)64-57-31-27-41(37-53(57)61-51-35-39-15-7-9-21-45(39)47(51)29-33-59(61)64)63(55-25-13-11-23-49(55)50-24-12-14-26-56(50)63)42-28-32-58-54(38-42)62-52-36-40-16-8-10-22-46(40)48(52)30-34-60(62)65(58)44-19-5-2-6-20-44/h1-34,37-38H,35-36H2. The number of rotatable bonds is 4. The highest BCUT2D eigenvalue weighted by atomic mass is 15.0. The molecule has 0 saturated heterocycles. The molecule has 3 aliphatic carbocycles. The van der Waals surface area contributed by atoms with Crippen LogP contribution in [0.3, 0.4) is 0 Å². The lowest BCUT2D eigenvalue weighted by atomic mass is 9.67. The Labute approximate surface area is 376 Å². The maximum absolute atomic E-state index is 2.57. The maximum Gasteiger partial charge on any atom is 0.0714 e. The molecular formula is C63H40N2. The van der Waals surface area contributed by atoms with Crippen molar-refractivity contribution in [2.45, 2.75) is 18.3 Å². The molecule has 0 spiro atoms. The Kier molecular flexibility index (Phi) is 7.02. The van der Waals surface area contributed by atoms with Crippen molar-refractivity contribution in [3.05, 3.63) is 263 Å². The van der Waals surface area contributed by atoms with Gasteiger partial charge in [0.2, 0.25) is 0 Å². The van der Waals surface area contributed by atoms with Gasteiger partial charge in [-0.3, -0.25) is 0 Å². The van der Waals surface area contributed by atoms with Crippen LogP contribution in [0.2, 0.25) is 0 Å². The molecule has 0 aliphatic heterocycles. The molecule has 15 rings (SSSR count). The average molecular weight is 825 g/mol. The molecule has 2 heterocycles. The summed E-state index contributed by atoms with van der Waals surface area (Å²) in [6.07, 6.45) is 1.85. The molecule has 10 aromatic carbocycles. The van der Waals surface area contributed by atoms with Crippen LogP contribution in [0.4, 0.5) is 0 Å². The molecule has 0 bridgehead atoms. The fourth-order valence-electron chi connectivity index (χ4n) is 12.7. The first-order valence-electron chi connectivity index (χ1n) is 22.9. The van der Waals surface area contributed by atoms with E-state index < -0.39 is 5.41 Å². The van der Waals surface area contributed by atoms with Crippen LogP contribution in [-0.4, -0.2) is 9.13 Å². The Bertz CT molecular complexity index is 3730. The zero-order valence-corrected chi connectivity index (χ0v) is 35.6. The van der Waals surface area contributed by atoms with E-state index >= 15 is 0 Å². The lowest BCUT2D eigenvalue weighted by Gasteiger charge is -2.34. The van der Waals surface area contributed by atoms with Crippen LogP contribution in [0.15, 0.2) is 218 Å². The molecule has 65 heavy (non-hydrogen) atoms. The lowest BCUT2D eigenvalue weighted by molar-refractivity contribution is 0.771. The second-order valence-corrected chi connectivity index (χ2v) is 18.3. The highest BCUT2D eigenvalue weighted by molar-refractivity contribution is 6.16. The molecule has 0 saturated carbocycles. The number of aromatic nitrogens is 2. The van der Waals surface area contributed by atoms with E-state index in [2.05, 4.69) is 228 Å². The summed E-state index contributed by atoms with van der Waals surface area (Å²) < 4.78 is 4.98.